The summed E-state index contributed by atoms with van der Waals surface area (Å²) >= 11 is 1.16. The molecular weight excluding hydrogens is 450 g/mol. The van der Waals surface area contributed by atoms with Crippen LogP contribution in [0.1, 0.15) is 23.1 Å². The molecule has 0 saturated carbocycles. The van der Waals surface area contributed by atoms with Gasteiger partial charge in [0.25, 0.3) is 5.22 Å². The van der Waals surface area contributed by atoms with Crippen molar-refractivity contribution < 1.29 is 22.4 Å². The van der Waals surface area contributed by atoms with E-state index in [4.69, 9.17) is 9.15 Å². The lowest BCUT2D eigenvalue weighted by molar-refractivity contribution is -0.115. The molecule has 1 amide bonds. The Balaban J connectivity index is 1.49. The first kappa shape index (κ1) is 22.3. The van der Waals surface area contributed by atoms with Crippen molar-refractivity contribution >= 4 is 33.2 Å². The van der Waals surface area contributed by atoms with Crippen LogP contribution in [-0.2, 0) is 21.1 Å². The molecule has 0 bridgehead atoms. The SMILES string of the molecule is COc1cccc(NC(=O)[C@@H](Sc2nnc(C[C@H]3CCS(=O)(=O)C3)o2)c2ccccc2)c1. The fourth-order valence-electron chi connectivity index (χ4n) is 3.56. The van der Waals surface area contributed by atoms with Crippen LogP contribution in [0.2, 0.25) is 0 Å². The summed E-state index contributed by atoms with van der Waals surface area (Å²) in [7, 11) is -1.40. The van der Waals surface area contributed by atoms with Gasteiger partial charge in [-0.05, 0) is 41.8 Å². The first-order valence-electron chi connectivity index (χ1n) is 10.1. The van der Waals surface area contributed by atoms with Crippen LogP contribution in [0.3, 0.4) is 0 Å². The highest BCUT2D eigenvalue weighted by Crippen LogP contribution is 2.36. The van der Waals surface area contributed by atoms with E-state index in [1.165, 1.54) is 0 Å². The lowest BCUT2D eigenvalue weighted by Crippen LogP contribution is -2.19. The number of ether oxygens (including phenoxy) is 1. The molecule has 168 valence electrons. The second-order valence-corrected chi connectivity index (χ2v) is 10.8. The van der Waals surface area contributed by atoms with Gasteiger partial charge in [0.1, 0.15) is 11.0 Å². The van der Waals surface area contributed by atoms with E-state index in [9.17, 15) is 13.2 Å². The van der Waals surface area contributed by atoms with Gasteiger partial charge >= 0.3 is 0 Å². The van der Waals surface area contributed by atoms with Gasteiger partial charge < -0.3 is 14.5 Å². The maximum atomic E-state index is 13.1. The monoisotopic (exact) mass is 473 g/mol. The van der Waals surface area contributed by atoms with E-state index in [1.807, 2.05) is 30.3 Å². The molecule has 2 heterocycles. The van der Waals surface area contributed by atoms with E-state index in [-0.39, 0.29) is 28.6 Å². The zero-order valence-corrected chi connectivity index (χ0v) is 19.1. The van der Waals surface area contributed by atoms with Crippen LogP contribution in [0.5, 0.6) is 5.75 Å². The van der Waals surface area contributed by atoms with Gasteiger partial charge in [0.05, 0.1) is 18.6 Å². The Morgan fingerprint density at radius 3 is 2.75 bits per heavy atom. The number of sulfone groups is 1. The molecule has 32 heavy (non-hydrogen) atoms. The van der Waals surface area contributed by atoms with E-state index < -0.39 is 15.1 Å². The highest BCUT2D eigenvalue weighted by atomic mass is 32.2. The average Bonchev–Trinajstić information content (AvgIpc) is 3.37. The summed E-state index contributed by atoms with van der Waals surface area (Å²) in [6, 6.07) is 16.5. The molecule has 10 heteroatoms. The number of carbonyl (C=O) groups is 1. The Bertz CT molecular complexity index is 1180. The summed E-state index contributed by atoms with van der Waals surface area (Å²) in [4.78, 5) is 13.1. The van der Waals surface area contributed by atoms with Crippen LogP contribution in [0, 0.1) is 5.92 Å². The average molecular weight is 474 g/mol. The number of hydrogen-bond acceptors (Lipinski definition) is 8. The summed E-state index contributed by atoms with van der Waals surface area (Å²) in [6.45, 7) is 0. The molecule has 1 fully saturated rings. The van der Waals surface area contributed by atoms with Gasteiger partial charge in [-0.15, -0.1) is 10.2 Å². The van der Waals surface area contributed by atoms with Gasteiger partial charge in [-0.3, -0.25) is 4.79 Å². The summed E-state index contributed by atoms with van der Waals surface area (Å²) in [5, 5.41) is 10.7. The van der Waals surface area contributed by atoms with E-state index in [2.05, 4.69) is 15.5 Å². The van der Waals surface area contributed by atoms with Gasteiger partial charge in [-0.2, -0.15) is 0 Å². The number of carbonyl (C=O) groups excluding carboxylic acids is 1. The Labute approximate surface area is 190 Å². The highest BCUT2D eigenvalue weighted by molar-refractivity contribution is 8.00. The van der Waals surface area contributed by atoms with Gasteiger partial charge in [0, 0.05) is 18.2 Å². The van der Waals surface area contributed by atoms with Crippen molar-refractivity contribution in [3.63, 3.8) is 0 Å². The number of hydrogen-bond donors (Lipinski definition) is 1. The molecule has 1 N–H and O–H groups in total. The van der Waals surface area contributed by atoms with Gasteiger partial charge in [0.15, 0.2) is 9.84 Å². The molecule has 1 saturated heterocycles. The number of anilines is 1. The fraction of sp³-hybridized carbons (Fsp3) is 0.318. The number of aromatic nitrogens is 2. The lowest BCUT2D eigenvalue weighted by Gasteiger charge is -2.15. The number of nitrogens with one attached hydrogen (secondary N) is 1. The standard InChI is InChI=1S/C22H23N3O5S2/c1-29-18-9-5-8-17(13-18)23-21(26)20(16-6-3-2-4-7-16)31-22-25-24-19(30-22)12-15-10-11-32(27,28)14-15/h2-9,13,15,20H,10-12,14H2,1H3,(H,23,26)/t15-,20+/m1/s1. The van der Waals surface area contributed by atoms with Crippen molar-refractivity contribution in [2.24, 2.45) is 5.92 Å². The largest absolute Gasteiger partial charge is 0.497 e. The van der Waals surface area contributed by atoms with Crippen LogP contribution in [-0.4, -0.2) is 43.1 Å². The van der Waals surface area contributed by atoms with Crippen molar-refractivity contribution in [1.29, 1.82) is 0 Å². The van der Waals surface area contributed by atoms with Crippen LogP contribution >= 0.6 is 11.8 Å². The summed E-state index contributed by atoms with van der Waals surface area (Å²) in [6.07, 6.45) is 1.02. The zero-order valence-electron chi connectivity index (χ0n) is 17.4. The predicted molar refractivity (Wildman–Crippen MR) is 121 cm³/mol. The quantitative estimate of drug-likeness (QED) is 0.495. The summed E-state index contributed by atoms with van der Waals surface area (Å²) in [5.41, 5.74) is 1.41. The first-order valence-corrected chi connectivity index (χ1v) is 12.8. The second kappa shape index (κ2) is 9.74. The predicted octanol–water partition coefficient (Wildman–Crippen LogP) is 3.53. The topological polar surface area (TPSA) is 111 Å². The molecule has 0 radical (unpaired) electrons. The number of benzene rings is 2. The smallest absolute Gasteiger partial charge is 0.277 e. The third kappa shape index (κ3) is 5.68. The van der Waals surface area contributed by atoms with Crippen molar-refractivity contribution in [1.82, 2.24) is 10.2 Å². The third-order valence-electron chi connectivity index (χ3n) is 5.13. The molecule has 0 spiro atoms. The van der Waals surface area contributed by atoms with Crippen LogP contribution in [0.25, 0.3) is 0 Å². The van der Waals surface area contributed by atoms with Crippen molar-refractivity contribution in [3.05, 3.63) is 66.1 Å². The number of thioether (sulfide) groups is 1. The van der Waals surface area contributed by atoms with E-state index >= 15 is 0 Å². The Hall–Kier alpha value is -2.85. The molecule has 0 aliphatic carbocycles. The van der Waals surface area contributed by atoms with Gasteiger partial charge in [-0.25, -0.2) is 8.42 Å². The van der Waals surface area contributed by atoms with E-state index in [0.717, 1.165) is 17.3 Å². The Kier molecular flexibility index (Phi) is 6.80. The normalized spacial score (nSPS) is 18.2. The molecule has 4 rings (SSSR count). The van der Waals surface area contributed by atoms with Crippen LogP contribution < -0.4 is 10.1 Å². The number of rotatable bonds is 8. The van der Waals surface area contributed by atoms with E-state index in [0.29, 0.717) is 30.2 Å². The molecule has 1 aliphatic heterocycles. The number of nitrogens with zero attached hydrogens (tertiary/aromatic N) is 2. The van der Waals surface area contributed by atoms with Crippen molar-refractivity contribution in [2.45, 2.75) is 23.3 Å². The molecule has 2 atom stereocenters. The maximum Gasteiger partial charge on any atom is 0.277 e. The molecular formula is C22H23N3O5S2. The minimum absolute atomic E-state index is 0.0143. The van der Waals surface area contributed by atoms with E-state index in [1.54, 1.807) is 31.4 Å². The lowest BCUT2D eigenvalue weighted by atomic mass is 10.1. The Morgan fingerprint density at radius 1 is 1.22 bits per heavy atom. The molecule has 8 nitrogen and oxygen atoms in total. The molecule has 1 aromatic heterocycles. The van der Waals surface area contributed by atoms with Crippen molar-refractivity contribution in [3.8, 4) is 5.75 Å². The number of methoxy groups -OCH3 is 1. The maximum absolute atomic E-state index is 13.1. The second-order valence-electron chi connectivity index (χ2n) is 7.56. The third-order valence-corrected chi connectivity index (χ3v) is 8.06. The first-order chi connectivity index (χ1) is 15.4. The van der Waals surface area contributed by atoms with Gasteiger partial charge in [0.2, 0.25) is 11.8 Å². The molecule has 0 unspecified atom stereocenters. The summed E-state index contributed by atoms with van der Waals surface area (Å²) < 4.78 is 34.3. The van der Waals surface area contributed by atoms with Crippen LogP contribution in [0.4, 0.5) is 5.69 Å². The van der Waals surface area contributed by atoms with Crippen molar-refractivity contribution in [2.75, 3.05) is 23.9 Å². The molecule has 2 aromatic carbocycles. The summed E-state index contributed by atoms with van der Waals surface area (Å²) in [5.74, 6) is 1.12. The van der Waals surface area contributed by atoms with Crippen LogP contribution in [0.15, 0.2) is 64.2 Å². The minimum atomic E-state index is -2.97. The zero-order chi connectivity index (χ0) is 22.6. The fourth-order valence-corrected chi connectivity index (χ4v) is 6.31. The molecule has 1 aliphatic rings. The highest BCUT2D eigenvalue weighted by Gasteiger charge is 2.30. The molecule has 3 aromatic rings. The minimum Gasteiger partial charge on any atom is -0.497 e. The Morgan fingerprint density at radius 2 is 2.03 bits per heavy atom. The number of amides is 1. The van der Waals surface area contributed by atoms with Gasteiger partial charge in [-0.1, -0.05) is 36.4 Å².